The lowest BCUT2D eigenvalue weighted by Crippen LogP contribution is -2.29. The van der Waals surface area contributed by atoms with Crippen molar-refractivity contribution in [3.8, 4) is 0 Å². The minimum Gasteiger partial charge on any atom is -0.410 e. The van der Waals surface area contributed by atoms with Gasteiger partial charge in [-0.2, -0.15) is 0 Å². The van der Waals surface area contributed by atoms with Crippen LogP contribution in [0.25, 0.3) is 0 Å². The summed E-state index contributed by atoms with van der Waals surface area (Å²) in [6.07, 6.45) is 0. The molecule has 1 atom stereocenters. The maximum atomic E-state index is 12.2. The molecule has 0 aliphatic heterocycles. The minimum absolute atomic E-state index is 0.257. The number of benzene rings is 1. The standard InChI is InChI=1S/C14H22N2O2S/c1-4-16(5-2)10-11-19(18)14(15-17)13-8-6-12(3)7-9-13/h6-9,17H,4-5,10-11H2,1-3H3. The second kappa shape index (κ2) is 8.07. The molecule has 1 aromatic rings. The van der Waals surface area contributed by atoms with Crippen molar-refractivity contribution in [3.05, 3.63) is 35.4 Å². The molecule has 1 N–H and O–H groups in total. The molecule has 0 saturated heterocycles. The summed E-state index contributed by atoms with van der Waals surface area (Å²) in [7, 11) is -1.28. The predicted molar refractivity (Wildman–Crippen MR) is 80.3 cm³/mol. The molecule has 0 heterocycles. The van der Waals surface area contributed by atoms with Crippen molar-refractivity contribution in [2.45, 2.75) is 20.8 Å². The van der Waals surface area contributed by atoms with E-state index in [9.17, 15) is 4.21 Å². The van der Waals surface area contributed by atoms with Crippen LogP contribution in [0.1, 0.15) is 25.0 Å². The summed E-state index contributed by atoms with van der Waals surface area (Å²) >= 11 is 0. The van der Waals surface area contributed by atoms with Crippen LogP contribution in [0.3, 0.4) is 0 Å². The quantitative estimate of drug-likeness (QED) is 0.377. The Labute approximate surface area is 117 Å². The maximum Gasteiger partial charge on any atom is 0.173 e. The average Bonchev–Trinajstić information content (AvgIpc) is 2.43. The SMILES string of the molecule is CCN(CC)CCS(=O)C(=NO)c1ccc(C)cc1. The van der Waals surface area contributed by atoms with Crippen LogP contribution in [0, 0.1) is 6.92 Å². The Morgan fingerprint density at radius 3 is 2.32 bits per heavy atom. The zero-order valence-corrected chi connectivity index (χ0v) is 12.6. The fourth-order valence-corrected chi connectivity index (χ4v) is 2.89. The highest BCUT2D eigenvalue weighted by Crippen LogP contribution is 2.08. The molecule has 4 nitrogen and oxygen atoms in total. The van der Waals surface area contributed by atoms with E-state index < -0.39 is 10.8 Å². The van der Waals surface area contributed by atoms with E-state index in [1.165, 1.54) is 0 Å². The van der Waals surface area contributed by atoms with Gasteiger partial charge in [-0.1, -0.05) is 48.8 Å². The first kappa shape index (κ1) is 15.9. The molecule has 0 radical (unpaired) electrons. The fourth-order valence-electron chi connectivity index (χ4n) is 1.78. The summed E-state index contributed by atoms with van der Waals surface area (Å²) < 4.78 is 12.2. The minimum atomic E-state index is -1.28. The Morgan fingerprint density at radius 1 is 1.26 bits per heavy atom. The molecule has 1 unspecified atom stereocenters. The van der Waals surface area contributed by atoms with Gasteiger partial charge in [0.05, 0.1) is 10.8 Å². The van der Waals surface area contributed by atoms with Crippen LogP contribution in [-0.4, -0.2) is 44.7 Å². The van der Waals surface area contributed by atoms with Crippen molar-refractivity contribution in [1.29, 1.82) is 0 Å². The Bertz CT molecular complexity index is 439. The Morgan fingerprint density at radius 2 is 1.84 bits per heavy atom. The van der Waals surface area contributed by atoms with Crippen LogP contribution in [-0.2, 0) is 10.8 Å². The fraction of sp³-hybridized carbons (Fsp3) is 0.500. The van der Waals surface area contributed by atoms with E-state index in [1.807, 2.05) is 31.2 Å². The van der Waals surface area contributed by atoms with Crippen LogP contribution < -0.4 is 0 Å². The van der Waals surface area contributed by atoms with Gasteiger partial charge >= 0.3 is 0 Å². The number of oxime groups is 1. The number of aryl methyl sites for hydroxylation is 1. The lowest BCUT2D eigenvalue weighted by Gasteiger charge is -2.17. The maximum absolute atomic E-state index is 12.2. The Hall–Kier alpha value is -1.20. The Kier molecular flexibility index (Phi) is 6.73. The Balaban J connectivity index is 2.70. The van der Waals surface area contributed by atoms with Crippen LogP contribution >= 0.6 is 0 Å². The zero-order chi connectivity index (χ0) is 14.3. The highest BCUT2D eigenvalue weighted by atomic mass is 32.2. The van der Waals surface area contributed by atoms with Gasteiger partial charge in [0.1, 0.15) is 0 Å². The summed E-state index contributed by atoms with van der Waals surface area (Å²) in [5.41, 5.74) is 1.83. The molecule has 19 heavy (non-hydrogen) atoms. The third kappa shape index (κ3) is 4.76. The zero-order valence-electron chi connectivity index (χ0n) is 11.8. The van der Waals surface area contributed by atoms with Crippen LogP contribution in [0.4, 0.5) is 0 Å². The molecule has 1 rings (SSSR count). The van der Waals surface area contributed by atoms with E-state index in [0.29, 0.717) is 11.3 Å². The number of nitrogens with zero attached hydrogens (tertiary/aromatic N) is 2. The summed E-state index contributed by atoms with van der Waals surface area (Å²) in [5, 5.41) is 12.6. The third-order valence-corrected chi connectivity index (χ3v) is 4.39. The van der Waals surface area contributed by atoms with Crippen molar-refractivity contribution >= 4 is 15.8 Å². The van der Waals surface area contributed by atoms with Gasteiger partial charge in [0.15, 0.2) is 5.04 Å². The van der Waals surface area contributed by atoms with Gasteiger partial charge in [-0.15, -0.1) is 0 Å². The van der Waals surface area contributed by atoms with E-state index in [-0.39, 0.29) is 5.04 Å². The first-order valence-corrected chi connectivity index (χ1v) is 7.84. The van der Waals surface area contributed by atoms with Gasteiger partial charge in [0, 0.05) is 17.9 Å². The summed E-state index contributed by atoms with van der Waals surface area (Å²) in [6, 6.07) is 7.50. The molecule has 0 amide bonds. The normalized spacial score (nSPS) is 13.8. The molecule has 0 aliphatic rings. The van der Waals surface area contributed by atoms with Crippen LogP contribution in [0.15, 0.2) is 29.4 Å². The smallest absolute Gasteiger partial charge is 0.173 e. The molecule has 1 aromatic carbocycles. The van der Waals surface area contributed by atoms with Gasteiger partial charge in [0.2, 0.25) is 0 Å². The van der Waals surface area contributed by atoms with Crippen molar-refractivity contribution in [2.24, 2.45) is 5.16 Å². The van der Waals surface area contributed by atoms with Crippen LogP contribution in [0.2, 0.25) is 0 Å². The monoisotopic (exact) mass is 282 g/mol. The van der Waals surface area contributed by atoms with E-state index >= 15 is 0 Å². The van der Waals surface area contributed by atoms with E-state index in [4.69, 9.17) is 5.21 Å². The first-order chi connectivity index (χ1) is 9.12. The highest BCUT2D eigenvalue weighted by Gasteiger charge is 2.14. The van der Waals surface area contributed by atoms with E-state index in [1.54, 1.807) is 0 Å². The molecule has 0 aliphatic carbocycles. The number of hydrogen-bond acceptors (Lipinski definition) is 4. The average molecular weight is 282 g/mol. The second-order valence-electron chi connectivity index (χ2n) is 4.35. The molecule has 0 bridgehead atoms. The lowest BCUT2D eigenvalue weighted by atomic mass is 10.2. The number of rotatable bonds is 6. The number of hydrogen-bond donors (Lipinski definition) is 1. The largest absolute Gasteiger partial charge is 0.410 e. The first-order valence-electron chi connectivity index (χ1n) is 6.52. The van der Waals surface area contributed by atoms with Crippen LogP contribution in [0.5, 0.6) is 0 Å². The van der Waals surface area contributed by atoms with Gasteiger partial charge in [-0.05, 0) is 20.0 Å². The van der Waals surface area contributed by atoms with Gasteiger partial charge in [-0.3, -0.25) is 4.21 Å². The van der Waals surface area contributed by atoms with Crippen molar-refractivity contribution in [1.82, 2.24) is 4.90 Å². The predicted octanol–water partition coefficient (Wildman–Crippen LogP) is 2.22. The molecule has 0 spiro atoms. The van der Waals surface area contributed by atoms with Gasteiger partial charge in [-0.25, -0.2) is 0 Å². The van der Waals surface area contributed by atoms with Crippen molar-refractivity contribution in [2.75, 3.05) is 25.4 Å². The summed E-state index contributed by atoms with van der Waals surface area (Å²) in [6.45, 7) is 8.75. The van der Waals surface area contributed by atoms with Crippen molar-refractivity contribution in [3.63, 3.8) is 0 Å². The van der Waals surface area contributed by atoms with Gasteiger partial charge in [0.25, 0.3) is 0 Å². The van der Waals surface area contributed by atoms with E-state index in [0.717, 1.165) is 25.2 Å². The topological polar surface area (TPSA) is 52.9 Å². The molecular formula is C14H22N2O2S. The van der Waals surface area contributed by atoms with Crippen molar-refractivity contribution < 1.29 is 9.42 Å². The molecule has 0 saturated carbocycles. The highest BCUT2D eigenvalue weighted by molar-refractivity contribution is 8.01. The molecule has 0 aromatic heterocycles. The molecule has 5 heteroatoms. The molecule has 0 fully saturated rings. The second-order valence-corrected chi connectivity index (χ2v) is 5.83. The van der Waals surface area contributed by atoms with E-state index in [2.05, 4.69) is 23.9 Å². The summed E-state index contributed by atoms with van der Waals surface area (Å²) in [5.74, 6) is 0.481. The van der Waals surface area contributed by atoms with Gasteiger partial charge < -0.3 is 10.1 Å². The lowest BCUT2D eigenvalue weighted by molar-refractivity contribution is 0.319. The third-order valence-electron chi connectivity index (χ3n) is 3.09. The molecular weight excluding hydrogens is 260 g/mol. The molecule has 106 valence electrons. The summed E-state index contributed by atoms with van der Waals surface area (Å²) in [4.78, 5) is 2.20.